The third kappa shape index (κ3) is 4.23. The molecule has 8 heteroatoms. The molecule has 1 amide bonds. The van der Waals surface area contributed by atoms with Crippen LogP contribution in [-0.2, 0) is 7.05 Å². The minimum atomic E-state index is -0.111. The summed E-state index contributed by atoms with van der Waals surface area (Å²) in [4.78, 5) is 25.6. The van der Waals surface area contributed by atoms with Crippen LogP contribution in [0.4, 0.5) is 5.82 Å². The summed E-state index contributed by atoms with van der Waals surface area (Å²) in [5.41, 5.74) is 4.37. The average molecular weight is 416 g/mol. The SMILES string of the molecule is CCC(CNc1cc(-c2cnn(C)c2)ncn1)c1cccc2c(C(=O)NC)ccnc12. The van der Waals surface area contributed by atoms with Gasteiger partial charge in [-0.25, -0.2) is 9.97 Å². The maximum atomic E-state index is 12.3. The van der Waals surface area contributed by atoms with Gasteiger partial charge in [0.2, 0.25) is 0 Å². The van der Waals surface area contributed by atoms with Crippen LogP contribution >= 0.6 is 0 Å². The predicted octanol–water partition coefficient (Wildman–Crippen LogP) is 3.39. The Morgan fingerprint density at radius 3 is 2.81 bits per heavy atom. The van der Waals surface area contributed by atoms with Crippen LogP contribution in [0, 0.1) is 0 Å². The van der Waals surface area contributed by atoms with Gasteiger partial charge in [0, 0.05) is 56.0 Å². The Balaban J connectivity index is 1.59. The molecule has 31 heavy (non-hydrogen) atoms. The Bertz CT molecular complexity index is 1220. The molecule has 8 nitrogen and oxygen atoms in total. The van der Waals surface area contributed by atoms with E-state index in [0.29, 0.717) is 12.1 Å². The summed E-state index contributed by atoms with van der Waals surface area (Å²) in [6, 6.07) is 9.69. The lowest BCUT2D eigenvalue weighted by Crippen LogP contribution is -2.18. The summed E-state index contributed by atoms with van der Waals surface area (Å²) in [6.45, 7) is 2.83. The zero-order valence-electron chi connectivity index (χ0n) is 17.8. The Morgan fingerprint density at radius 2 is 2.06 bits per heavy atom. The molecule has 1 atom stereocenters. The smallest absolute Gasteiger partial charge is 0.251 e. The van der Waals surface area contributed by atoms with Crippen molar-refractivity contribution in [2.75, 3.05) is 18.9 Å². The highest BCUT2D eigenvalue weighted by Crippen LogP contribution is 2.29. The van der Waals surface area contributed by atoms with Crippen molar-refractivity contribution in [3.8, 4) is 11.3 Å². The van der Waals surface area contributed by atoms with E-state index in [0.717, 1.165) is 40.0 Å². The number of carbonyl (C=O) groups is 1. The van der Waals surface area contributed by atoms with Crippen molar-refractivity contribution in [1.29, 1.82) is 0 Å². The van der Waals surface area contributed by atoms with E-state index in [1.165, 1.54) is 0 Å². The molecule has 4 rings (SSSR count). The molecule has 0 radical (unpaired) electrons. The average Bonchev–Trinajstić information content (AvgIpc) is 3.25. The van der Waals surface area contributed by atoms with Crippen LogP contribution in [0.15, 0.2) is 55.2 Å². The summed E-state index contributed by atoms with van der Waals surface area (Å²) in [6.07, 6.45) is 7.87. The van der Waals surface area contributed by atoms with Crippen LogP contribution in [-0.4, -0.2) is 44.2 Å². The van der Waals surface area contributed by atoms with E-state index in [2.05, 4.69) is 43.7 Å². The number of fused-ring (bicyclic) bond motifs is 1. The molecule has 0 saturated carbocycles. The van der Waals surface area contributed by atoms with Gasteiger partial charge in [-0.05, 0) is 18.1 Å². The first-order valence-corrected chi connectivity index (χ1v) is 10.2. The summed E-state index contributed by atoms with van der Waals surface area (Å²) in [5.74, 6) is 0.846. The first kappa shape index (κ1) is 20.5. The maximum Gasteiger partial charge on any atom is 0.251 e. The molecule has 4 aromatic rings. The standard InChI is InChI=1S/C23H25N7O/c1-4-15(11-26-21-10-20(27-14-28-21)16-12-29-30(3)13-16)17-6-5-7-18-19(23(31)24-2)8-9-25-22(17)18/h5-10,12-15H,4,11H2,1-3H3,(H,24,31)(H,26,27,28). The van der Waals surface area contributed by atoms with Crippen LogP contribution in [0.1, 0.15) is 35.2 Å². The highest BCUT2D eigenvalue weighted by Gasteiger charge is 2.17. The van der Waals surface area contributed by atoms with Gasteiger partial charge < -0.3 is 10.6 Å². The fraction of sp³-hybridized carbons (Fsp3) is 0.261. The van der Waals surface area contributed by atoms with Crippen molar-refractivity contribution < 1.29 is 4.79 Å². The number of benzene rings is 1. The zero-order chi connectivity index (χ0) is 21.8. The van der Waals surface area contributed by atoms with Crippen LogP contribution in [0.3, 0.4) is 0 Å². The zero-order valence-corrected chi connectivity index (χ0v) is 17.8. The predicted molar refractivity (Wildman–Crippen MR) is 121 cm³/mol. The molecule has 0 aliphatic rings. The Kier molecular flexibility index (Phi) is 5.88. The van der Waals surface area contributed by atoms with E-state index in [1.807, 2.05) is 31.4 Å². The molecule has 1 unspecified atom stereocenters. The Labute approximate surface area is 180 Å². The van der Waals surface area contributed by atoms with Gasteiger partial charge in [0.05, 0.1) is 23.0 Å². The van der Waals surface area contributed by atoms with Crippen LogP contribution in [0.5, 0.6) is 0 Å². The van der Waals surface area contributed by atoms with E-state index in [-0.39, 0.29) is 11.8 Å². The molecular weight excluding hydrogens is 390 g/mol. The number of hydrogen-bond acceptors (Lipinski definition) is 6. The number of amides is 1. The molecule has 0 aliphatic heterocycles. The monoisotopic (exact) mass is 415 g/mol. The van der Waals surface area contributed by atoms with Crippen molar-refractivity contribution in [3.05, 3.63) is 66.4 Å². The van der Waals surface area contributed by atoms with Crippen LogP contribution in [0.2, 0.25) is 0 Å². The van der Waals surface area contributed by atoms with E-state index < -0.39 is 0 Å². The summed E-state index contributed by atoms with van der Waals surface area (Å²) in [5, 5.41) is 11.2. The fourth-order valence-corrected chi connectivity index (χ4v) is 3.73. The molecule has 0 fully saturated rings. The van der Waals surface area contributed by atoms with Gasteiger partial charge >= 0.3 is 0 Å². The number of anilines is 1. The molecule has 0 bridgehead atoms. The lowest BCUT2D eigenvalue weighted by atomic mass is 9.92. The molecule has 158 valence electrons. The Hall–Kier alpha value is -3.81. The number of para-hydroxylation sites is 1. The summed E-state index contributed by atoms with van der Waals surface area (Å²) >= 11 is 0. The second kappa shape index (κ2) is 8.91. The summed E-state index contributed by atoms with van der Waals surface area (Å²) < 4.78 is 1.75. The normalized spacial score (nSPS) is 12.0. The lowest BCUT2D eigenvalue weighted by Gasteiger charge is -2.19. The molecule has 0 saturated heterocycles. The van der Waals surface area contributed by atoms with Crippen molar-refractivity contribution in [2.45, 2.75) is 19.3 Å². The highest BCUT2D eigenvalue weighted by molar-refractivity contribution is 6.06. The fourth-order valence-electron chi connectivity index (χ4n) is 3.73. The number of aryl methyl sites for hydroxylation is 1. The van der Waals surface area contributed by atoms with Crippen molar-refractivity contribution in [1.82, 2.24) is 30.0 Å². The molecule has 0 spiro atoms. The number of pyridine rings is 1. The van der Waals surface area contributed by atoms with Gasteiger partial charge in [-0.15, -0.1) is 0 Å². The number of nitrogens with zero attached hydrogens (tertiary/aromatic N) is 5. The van der Waals surface area contributed by atoms with E-state index in [9.17, 15) is 4.79 Å². The first-order valence-electron chi connectivity index (χ1n) is 10.2. The maximum absolute atomic E-state index is 12.3. The number of hydrogen-bond donors (Lipinski definition) is 2. The van der Waals surface area contributed by atoms with Crippen molar-refractivity contribution in [2.24, 2.45) is 7.05 Å². The van der Waals surface area contributed by atoms with Crippen molar-refractivity contribution in [3.63, 3.8) is 0 Å². The number of nitrogens with one attached hydrogen (secondary N) is 2. The van der Waals surface area contributed by atoms with E-state index in [1.54, 1.807) is 36.5 Å². The third-order valence-electron chi connectivity index (χ3n) is 5.40. The van der Waals surface area contributed by atoms with E-state index in [4.69, 9.17) is 0 Å². The summed E-state index contributed by atoms with van der Waals surface area (Å²) in [7, 11) is 3.52. The molecule has 2 N–H and O–H groups in total. The third-order valence-corrected chi connectivity index (χ3v) is 5.40. The molecular formula is C23H25N7O. The number of rotatable bonds is 7. The van der Waals surface area contributed by atoms with Crippen molar-refractivity contribution >= 4 is 22.6 Å². The van der Waals surface area contributed by atoms with Crippen LogP contribution in [0.25, 0.3) is 22.2 Å². The topological polar surface area (TPSA) is 97.6 Å². The minimum absolute atomic E-state index is 0.111. The number of carbonyl (C=O) groups excluding carboxylic acids is 1. The second-order valence-corrected chi connectivity index (χ2v) is 7.36. The lowest BCUT2D eigenvalue weighted by molar-refractivity contribution is 0.0964. The Morgan fingerprint density at radius 1 is 1.19 bits per heavy atom. The number of aromatic nitrogens is 5. The van der Waals surface area contributed by atoms with Gasteiger partial charge in [-0.3, -0.25) is 14.5 Å². The molecule has 1 aromatic carbocycles. The minimum Gasteiger partial charge on any atom is -0.369 e. The van der Waals surface area contributed by atoms with Gasteiger partial charge in [0.1, 0.15) is 12.1 Å². The molecule has 3 heterocycles. The highest BCUT2D eigenvalue weighted by atomic mass is 16.1. The van der Waals surface area contributed by atoms with Gasteiger partial charge in [0.25, 0.3) is 5.91 Å². The largest absolute Gasteiger partial charge is 0.369 e. The van der Waals surface area contributed by atoms with Gasteiger partial charge in [-0.2, -0.15) is 5.10 Å². The van der Waals surface area contributed by atoms with Crippen LogP contribution < -0.4 is 10.6 Å². The molecule has 3 aromatic heterocycles. The second-order valence-electron chi connectivity index (χ2n) is 7.36. The van der Waals surface area contributed by atoms with Gasteiger partial charge in [0.15, 0.2) is 0 Å². The quantitative estimate of drug-likeness (QED) is 0.480. The van der Waals surface area contributed by atoms with E-state index >= 15 is 0 Å². The first-order chi connectivity index (χ1) is 15.1. The molecule has 0 aliphatic carbocycles. The van der Waals surface area contributed by atoms with Gasteiger partial charge in [-0.1, -0.05) is 25.1 Å².